The van der Waals surface area contributed by atoms with Crippen LogP contribution in [0.4, 0.5) is 4.39 Å². The third kappa shape index (κ3) is 6.18. The molecule has 0 unspecified atom stereocenters. The minimum atomic E-state index is -0.710. The molecular weight excluding hydrogens is 421 g/mol. The zero-order chi connectivity index (χ0) is 24.0. The van der Waals surface area contributed by atoms with E-state index in [0.29, 0.717) is 31.5 Å². The van der Waals surface area contributed by atoms with Gasteiger partial charge in [0, 0.05) is 24.7 Å². The van der Waals surface area contributed by atoms with Gasteiger partial charge in [0.25, 0.3) is 11.8 Å². The number of halogens is 1. The first kappa shape index (κ1) is 24.4. The molecule has 0 radical (unpaired) electrons. The van der Waals surface area contributed by atoms with Gasteiger partial charge in [-0.25, -0.2) is 4.39 Å². The van der Waals surface area contributed by atoms with Crippen LogP contribution in [0, 0.1) is 18.7 Å². The van der Waals surface area contributed by atoms with Crippen molar-refractivity contribution in [2.24, 2.45) is 5.92 Å². The standard InChI is InChI=1S/C26H32FN3O3/c1-4-18(3)28-25(32)23(29-24(31)20-9-7-8-17(2)16-20)19-12-14-30(15-13-19)26(33)21-10-5-6-11-22(21)27/h5-11,16,18-19,23H,4,12-15H2,1-3H3,(H,28,32)(H,29,31)/t18-,23+/m0/s1. The van der Waals surface area contributed by atoms with E-state index in [1.165, 1.54) is 12.1 Å². The van der Waals surface area contributed by atoms with Gasteiger partial charge < -0.3 is 15.5 Å². The lowest BCUT2D eigenvalue weighted by Crippen LogP contribution is -2.55. The van der Waals surface area contributed by atoms with E-state index in [1.54, 1.807) is 29.2 Å². The van der Waals surface area contributed by atoms with Gasteiger partial charge in [-0.05, 0) is 63.3 Å². The summed E-state index contributed by atoms with van der Waals surface area (Å²) in [5, 5.41) is 5.91. The summed E-state index contributed by atoms with van der Waals surface area (Å²) in [6.45, 7) is 6.60. The molecule has 3 amide bonds. The molecule has 0 bridgehead atoms. The molecule has 1 aliphatic rings. The highest BCUT2D eigenvalue weighted by atomic mass is 19.1. The number of nitrogens with one attached hydrogen (secondary N) is 2. The van der Waals surface area contributed by atoms with E-state index in [0.717, 1.165) is 12.0 Å². The minimum absolute atomic E-state index is 0.0152. The molecule has 33 heavy (non-hydrogen) atoms. The Balaban J connectivity index is 1.71. The molecule has 1 heterocycles. The van der Waals surface area contributed by atoms with E-state index in [-0.39, 0.29) is 35.2 Å². The van der Waals surface area contributed by atoms with E-state index in [1.807, 2.05) is 32.9 Å². The van der Waals surface area contributed by atoms with Crippen molar-refractivity contribution < 1.29 is 18.8 Å². The highest BCUT2D eigenvalue weighted by molar-refractivity contribution is 5.98. The lowest BCUT2D eigenvalue weighted by atomic mass is 9.88. The molecule has 7 heteroatoms. The fraction of sp³-hybridized carbons (Fsp3) is 0.423. The number of benzene rings is 2. The molecule has 176 valence electrons. The number of carbonyl (C=O) groups is 3. The van der Waals surface area contributed by atoms with Crippen LogP contribution in [0.2, 0.25) is 0 Å². The molecule has 1 saturated heterocycles. The number of rotatable bonds is 7. The molecule has 0 spiro atoms. The number of aryl methyl sites for hydroxylation is 1. The van der Waals surface area contributed by atoms with Crippen LogP contribution in [0.1, 0.15) is 59.4 Å². The maximum atomic E-state index is 14.0. The molecule has 0 aromatic heterocycles. The second kappa shape index (κ2) is 11.1. The summed E-state index contributed by atoms with van der Waals surface area (Å²) in [6, 6.07) is 12.4. The van der Waals surface area contributed by atoms with Crippen molar-refractivity contribution in [3.8, 4) is 0 Å². The van der Waals surface area contributed by atoms with Crippen LogP contribution >= 0.6 is 0 Å². The van der Waals surface area contributed by atoms with E-state index in [2.05, 4.69) is 10.6 Å². The molecular formula is C26H32FN3O3. The summed E-state index contributed by atoms with van der Waals surface area (Å²) in [6.07, 6.45) is 1.85. The third-order valence-corrected chi connectivity index (χ3v) is 6.25. The molecule has 2 N–H and O–H groups in total. The highest BCUT2D eigenvalue weighted by Gasteiger charge is 2.35. The molecule has 2 aromatic rings. The molecule has 6 nitrogen and oxygen atoms in total. The number of likely N-dealkylation sites (tertiary alicyclic amines) is 1. The molecule has 2 atom stereocenters. The fourth-order valence-corrected chi connectivity index (χ4v) is 4.08. The van der Waals surface area contributed by atoms with Gasteiger partial charge in [0.1, 0.15) is 11.9 Å². The van der Waals surface area contributed by atoms with Crippen LogP contribution in [-0.4, -0.2) is 47.8 Å². The Morgan fingerprint density at radius 3 is 2.39 bits per heavy atom. The second-order valence-corrected chi connectivity index (χ2v) is 8.75. The lowest BCUT2D eigenvalue weighted by molar-refractivity contribution is -0.125. The molecule has 3 rings (SSSR count). The summed E-state index contributed by atoms with van der Waals surface area (Å²) in [4.78, 5) is 40.3. The average molecular weight is 454 g/mol. The van der Waals surface area contributed by atoms with Crippen LogP contribution < -0.4 is 10.6 Å². The van der Waals surface area contributed by atoms with Crippen molar-refractivity contribution in [3.05, 3.63) is 71.0 Å². The van der Waals surface area contributed by atoms with Gasteiger partial charge in [-0.1, -0.05) is 36.8 Å². The topological polar surface area (TPSA) is 78.5 Å². The monoisotopic (exact) mass is 453 g/mol. The average Bonchev–Trinajstić information content (AvgIpc) is 2.82. The number of amides is 3. The molecule has 2 aromatic carbocycles. The van der Waals surface area contributed by atoms with Crippen molar-refractivity contribution in [2.75, 3.05) is 13.1 Å². The Hall–Kier alpha value is -3.22. The smallest absolute Gasteiger partial charge is 0.256 e. The molecule has 0 saturated carbocycles. The van der Waals surface area contributed by atoms with Gasteiger partial charge in [-0.3, -0.25) is 14.4 Å². The van der Waals surface area contributed by atoms with Gasteiger partial charge in [0.15, 0.2) is 0 Å². The van der Waals surface area contributed by atoms with E-state index >= 15 is 0 Å². The van der Waals surface area contributed by atoms with Crippen molar-refractivity contribution in [1.82, 2.24) is 15.5 Å². The summed E-state index contributed by atoms with van der Waals surface area (Å²) in [7, 11) is 0. The summed E-state index contributed by atoms with van der Waals surface area (Å²) in [5.74, 6) is -1.54. The van der Waals surface area contributed by atoms with Crippen LogP contribution in [0.3, 0.4) is 0 Å². The normalized spacial score (nSPS) is 16.1. The van der Waals surface area contributed by atoms with Crippen LogP contribution in [0.15, 0.2) is 48.5 Å². The highest BCUT2D eigenvalue weighted by Crippen LogP contribution is 2.24. The van der Waals surface area contributed by atoms with Crippen LogP contribution in [0.25, 0.3) is 0 Å². The number of carbonyl (C=O) groups excluding carboxylic acids is 3. The van der Waals surface area contributed by atoms with Gasteiger partial charge in [0.05, 0.1) is 5.56 Å². The SMILES string of the molecule is CC[C@H](C)NC(=O)[C@H](NC(=O)c1cccc(C)c1)C1CCN(C(=O)c2ccccc2F)CC1. The zero-order valence-electron chi connectivity index (χ0n) is 19.4. The second-order valence-electron chi connectivity index (χ2n) is 8.75. The maximum Gasteiger partial charge on any atom is 0.256 e. The van der Waals surface area contributed by atoms with Gasteiger partial charge in [-0.15, -0.1) is 0 Å². The predicted octanol–water partition coefficient (Wildman–Crippen LogP) is 3.70. The van der Waals surface area contributed by atoms with E-state index in [4.69, 9.17) is 0 Å². The largest absolute Gasteiger partial charge is 0.352 e. The summed E-state index contributed by atoms with van der Waals surface area (Å²) in [5.41, 5.74) is 1.52. The number of nitrogens with zero attached hydrogens (tertiary/aromatic N) is 1. The quantitative estimate of drug-likeness (QED) is 0.671. The summed E-state index contributed by atoms with van der Waals surface area (Å²) >= 11 is 0. The minimum Gasteiger partial charge on any atom is -0.352 e. The Morgan fingerprint density at radius 2 is 1.76 bits per heavy atom. The Morgan fingerprint density at radius 1 is 1.06 bits per heavy atom. The van der Waals surface area contributed by atoms with Crippen LogP contribution in [-0.2, 0) is 4.79 Å². The first-order valence-electron chi connectivity index (χ1n) is 11.5. The Labute approximate surface area is 194 Å². The van der Waals surface area contributed by atoms with Gasteiger partial charge >= 0.3 is 0 Å². The van der Waals surface area contributed by atoms with Crippen molar-refractivity contribution in [2.45, 2.75) is 52.1 Å². The van der Waals surface area contributed by atoms with Crippen molar-refractivity contribution in [3.63, 3.8) is 0 Å². The maximum absolute atomic E-state index is 14.0. The first-order chi connectivity index (χ1) is 15.8. The zero-order valence-corrected chi connectivity index (χ0v) is 19.4. The van der Waals surface area contributed by atoms with Crippen LogP contribution in [0.5, 0.6) is 0 Å². The predicted molar refractivity (Wildman–Crippen MR) is 125 cm³/mol. The van der Waals surface area contributed by atoms with Gasteiger partial charge in [-0.2, -0.15) is 0 Å². The number of piperidine rings is 1. The van der Waals surface area contributed by atoms with Crippen molar-refractivity contribution in [1.29, 1.82) is 0 Å². The molecule has 1 fully saturated rings. The Kier molecular flexibility index (Phi) is 8.20. The first-order valence-corrected chi connectivity index (χ1v) is 11.5. The molecule has 1 aliphatic heterocycles. The van der Waals surface area contributed by atoms with Crippen molar-refractivity contribution >= 4 is 17.7 Å². The Bertz CT molecular complexity index is 1000. The number of hydrogen-bond donors (Lipinski definition) is 2. The third-order valence-electron chi connectivity index (χ3n) is 6.25. The van der Waals surface area contributed by atoms with E-state index in [9.17, 15) is 18.8 Å². The lowest BCUT2D eigenvalue weighted by Gasteiger charge is -2.36. The summed E-state index contributed by atoms with van der Waals surface area (Å²) < 4.78 is 14.0. The fourth-order valence-electron chi connectivity index (χ4n) is 4.08. The van der Waals surface area contributed by atoms with E-state index < -0.39 is 11.9 Å². The van der Waals surface area contributed by atoms with Gasteiger partial charge in [0.2, 0.25) is 5.91 Å². The molecule has 0 aliphatic carbocycles. The number of hydrogen-bond acceptors (Lipinski definition) is 3.